The number of hydrogen-bond donors (Lipinski definition) is 1. The van der Waals surface area contributed by atoms with Crippen LogP contribution in [-0.2, 0) is 6.42 Å². The number of aryl methyl sites for hydroxylation is 2. The van der Waals surface area contributed by atoms with Gasteiger partial charge in [0, 0.05) is 27.6 Å². The Morgan fingerprint density at radius 3 is 2.67 bits per heavy atom. The number of rotatable bonds is 4. The van der Waals surface area contributed by atoms with Crippen molar-refractivity contribution in [1.29, 1.82) is 0 Å². The van der Waals surface area contributed by atoms with Crippen molar-refractivity contribution in [3.8, 4) is 11.3 Å². The molecule has 0 spiro atoms. The van der Waals surface area contributed by atoms with Gasteiger partial charge in [-0.2, -0.15) is 0 Å². The quantitative estimate of drug-likeness (QED) is 0.910. The van der Waals surface area contributed by atoms with E-state index in [0.717, 1.165) is 24.2 Å². The summed E-state index contributed by atoms with van der Waals surface area (Å²) in [5, 5.41) is 2.16. The average molecular weight is 260 g/mol. The zero-order valence-corrected chi connectivity index (χ0v) is 12.1. The maximum Gasteiger partial charge on any atom is 0.0713 e. The molecular formula is C15H20N2S. The van der Waals surface area contributed by atoms with Crippen LogP contribution in [0.5, 0.6) is 0 Å². The van der Waals surface area contributed by atoms with Crippen molar-refractivity contribution in [3.05, 3.63) is 39.7 Å². The van der Waals surface area contributed by atoms with Gasteiger partial charge in [0.05, 0.1) is 5.69 Å². The fourth-order valence-corrected chi connectivity index (χ4v) is 2.67. The highest BCUT2D eigenvalue weighted by atomic mass is 32.1. The first-order chi connectivity index (χ1) is 8.60. The van der Waals surface area contributed by atoms with Crippen molar-refractivity contribution in [2.45, 2.75) is 39.7 Å². The molecular weight excluding hydrogens is 240 g/mol. The number of nitrogens with two attached hydrogens (primary N) is 1. The molecule has 0 aromatic carbocycles. The Morgan fingerprint density at radius 2 is 2.11 bits per heavy atom. The van der Waals surface area contributed by atoms with Crippen molar-refractivity contribution >= 4 is 11.3 Å². The van der Waals surface area contributed by atoms with Gasteiger partial charge in [-0.15, -0.1) is 11.3 Å². The zero-order chi connectivity index (χ0) is 13.1. The third kappa shape index (κ3) is 2.98. The van der Waals surface area contributed by atoms with Gasteiger partial charge in [-0.3, -0.25) is 4.98 Å². The second kappa shape index (κ2) is 5.63. The van der Waals surface area contributed by atoms with E-state index < -0.39 is 0 Å². The largest absolute Gasteiger partial charge is 0.327 e. The topological polar surface area (TPSA) is 38.9 Å². The van der Waals surface area contributed by atoms with Crippen LogP contribution in [0.2, 0.25) is 0 Å². The minimum Gasteiger partial charge on any atom is -0.327 e. The summed E-state index contributed by atoms with van der Waals surface area (Å²) in [5.74, 6) is 0. The number of hydrogen-bond acceptors (Lipinski definition) is 3. The van der Waals surface area contributed by atoms with Gasteiger partial charge in [0.15, 0.2) is 0 Å². The minimum absolute atomic E-state index is 0.236. The third-order valence-corrected chi connectivity index (χ3v) is 4.09. The van der Waals surface area contributed by atoms with E-state index in [2.05, 4.69) is 44.4 Å². The predicted molar refractivity (Wildman–Crippen MR) is 79.0 cm³/mol. The maximum atomic E-state index is 6.00. The predicted octanol–water partition coefficient (Wildman–Crippen LogP) is 3.71. The van der Waals surface area contributed by atoms with Crippen molar-refractivity contribution in [3.63, 3.8) is 0 Å². The first-order valence-electron chi connectivity index (χ1n) is 6.37. The van der Waals surface area contributed by atoms with E-state index in [4.69, 9.17) is 10.7 Å². The van der Waals surface area contributed by atoms with Gasteiger partial charge in [0.1, 0.15) is 0 Å². The SMILES string of the molecule is CCC(N)Cc1ccc(-c2csc(C)c2)nc1C. The summed E-state index contributed by atoms with van der Waals surface area (Å²) < 4.78 is 0. The van der Waals surface area contributed by atoms with Crippen LogP contribution in [0.4, 0.5) is 0 Å². The maximum absolute atomic E-state index is 6.00. The third-order valence-electron chi connectivity index (χ3n) is 3.23. The van der Waals surface area contributed by atoms with Gasteiger partial charge in [0.2, 0.25) is 0 Å². The van der Waals surface area contributed by atoms with Crippen LogP contribution in [0.1, 0.15) is 29.5 Å². The molecule has 1 atom stereocenters. The fraction of sp³-hybridized carbons (Fsp3) is 0.400. The number of pyridine rings is 1. The van der Waals surface area contributed by atoms with E-state index >= 15 is 0 Å². The Balaban J connectivity index is 2.24. The molecule has 0 amide bonds. The van der Waals surface area contributed by atoms with Gasteiger partial charge in [-0.05, 0) is 44.4 Å². The molecule has 2 N–H and O–H groups in total. The smallest absolute Gasteiger partial charge is 0.0713 e. The second-order valence-electron chi connectivity index (χ2n) is 4.76. The summed E-state index contributed by atoms with van der Waals surface area (Å²) in [6.07, 6.45) is 1.92. The minimum atomic E-state index is 0.236. The number of thiophene rings is 1. The molecule has 18 heavy (non-hydrogen) atoms. The molecule has 1 unspecified atom stereocenters. The van der Waals surface area contributed by atoms with E-state index in [9.17, 15) is 0 Å². The van der Waals surface area contributed by atoms with Crippen molar-refractivity contribution in [2.75, 3.05) is 0 Å². The monoisotopic (exact) mass is 260 g/mol. The van der Waals surface area contributed by atoms with Crippen LogP contribution in [-0.4, -0.2) is 11.0 Å². The highest BCUT2D eigenvalue weighted by Gasteiger charge is 2.08. The lowest BCUT2D eigenvalue weighted by molar-refractivity contribution is 0.643. The summed E-state index contributed by atoms with van der Waals surface area (Å²) >= 11 is 1.76. The molecule has 0 aliphatic rings. The van der Waals surface area contributed by atoms with Crippen LogP contribution in [0.15, 0.2) is 23.6 Å². The van der Waals surface area contributed by atoms with Gasteiger partial charge in [-0.1, -0.05) is 13.0 Å². The lowest BCUT2D eigenvalue weighted by atomic mass is 10.0. The van der Waals surface area contributed by atoms with E-state index in [0.29, 0.717) is 0 Å². The van der Waals surface area contributed by atoms with E-state index in [-0.39, 0.29) is 6.04 Å². The first-order valence-corrected chi connectivity index (χ1v) is 7.25. The van der Waals surface area contributed by atoms with Crippen molar-refractivity contribution in [1.82, 2.24) is 4.98 Å². The molecule has 3 heteroatoms. The summed E-state index contributed by atoms with van der Waals surface area (Å²) in [6.45, 7) is 6.31. The van der Waals surface area contributed by atoms with E-state index in [1.165, 1.54) is 16.0 Å². The molecule has 0 radical (unpaired) electrons. The molecule has 2 heterocycles. The molecule has 0 aliphatic carbocycles. The Labute approximate surface area is 113 Å². The Hall–Kier alpha value is -1.19. The highest BCUT2D eigenvalue weighted by Crippen LogP contribution is 2.24. The van der Waals surface area contributed by atoms with E-state index in [1.807, 2.05) is 0 Å². The lowest BCUT2D eigenvalue weighted by Gasteiger charge is -2.11. The van der Waals surface area contributed by atoms with Crippen LogP contribution in [0, 0.1) is 13.8 Å². The van der Waals surface area contributed by atoms with Crippen LogP contribution < -0.4 is 5.73 Å². The lowest BCUT2D eigenvalue weighted by Crippen LogP contribution is -2.22. The molecule has 96 valence electrons. The number of aromatic nitrogens is 1. The number of nitrogens with zero attached hydrogens (tertiary/aromatic N) is 1. The highest BCUT2D eigenvalue weighted by molar-refractivity contribution is 7.10. The molecule has 0 saturated carbocycles. The average Bonchev–Trinajstić information content (AvgIpc) is 2.78. The molecule has 0 saturated heterocycles. The summed E-state index contributed by atoms with van der Waals surface area (Å²) in [7, 11) is 0. The van der Waals surface area contributed by atoms with Gasteiger partial charge >= 0.3 is 0 Å². The van der Waals surface area contributed by atoms with Crippen molar-refractivity contribution < 1.29 is 0 Å². The normalized spacial score (nSPS) is 12.7. The van der Waals surface area contributed by atoms with Crippen molar-refractivity contribution in [2.24, 2.45) is 5.73 Å². The van der Waals surface area contributed by atoms with Gasteiger partial charge in [0.25, 0.3) is 0 Å². The molecule has 0 aliphatic heterocycles. The molecule has 2 nitrogen and oxygen atoms in total. The van der Waals surface area contributed by atoms with Crippen LogP contribution >= 0.6 is 11.3 Å². The first kappa shape index (κ1) is 13.2. The summed E-state index contributed by atoms with van der Waals surface area (Å²) in [4.78, 5) is 6.02. The van der Waals surface area contributed by atoms with E-state index in [1.54, 1.807) is 11.3 Å². The second-order valence-corrected chi connectivity index (χ2v) is 5.87. The zero-order valence-electron chi connectivity index (χ0n) is 11.2. The fourth-order valence-electron chi connectivity index (χ4n) is 1.97. The summed E-state index contributed by atoms with van der Waals surface area (Å²) in [6, 6.07) is 6.69. The molecule has 0 bridgehead atoms. The van der Waals surface area contributed by atoms with Crippen LogP contribution in [0.3, 0.4) is 0 Å². The Bertz CT molecular complexity index is 531. The summed E-state index contributed by atoms with van der Waals surface area (Å²) in [5.41, 5.74) is 10.6. The molecule has 2 aromatic rings. The Kier molecular flexibility index (Phi) is 4.15. The molecule has 2 rings (SSSR count). The van der Waals surface area contributed by atoms with Gasteiger partial charge in [-0.25, -0.2) is 0 Å². The molecule has 2 aromatic heterocycles. The van der Waals surface area contributed by atoms with Gasteiger partial charge < -0.3 is 5.73 Å². The Morgan fingerprint density at radius 1 is 1.33 bits per heavy atom. The molecule has 0 fully saturated rings. The standard InChI is InChI=1S/C15H20N2S/c1-4-14(16)8-12-5-6-15(17-11(12)3)13-7-10(2)18-9-13/h5-7,9,14H,4,8,16H2,1-3H3. The van der Waals surface area contributed by atoms with Crippen LogP contribution in [0.25, 0.3) is 11.3 Å².